The van der Waals surface area contributed by atoms with Gasteiger partial charge in [0, 0.05) is 37.7 Å². The topological polar surface area (TPSA) is 78.1 Å². The smallest absolute Gasteiger partial charge is 0.271 e. The average Bonchev–Trinajstić information content (AvgIpc) is 3.18. The number of aromatic amines is 1. The number of hydrogen-bond acceptors (Lipinski definition) is 3. The molecule has 0 spiro atoms. The molecule has 2 heterocycles. The van der Waals surface area contributed by atoms with Gasteiger partial charge in [-0.05, 0) is 31.7 Å². The molecule has 0 radical (unpaired) electrons. The molecule has 1 aromatic heterocycles. The Bertz CT molecular complexity index is 507. The molecule has 6 nitrogen and oxygen atoms in total. The van der Waals surface area contributed by atoms with Crippen LogP contribution in [0, 0.1) is 0 Å². The molecule has 1 aliphatic carbocycles. The third-order valence-corrected chi connectivity index (χ3v) is 3.94. The molecular formula is C14H20N4O2. The lowest BCUT2D eigenvalue weighted by molar-refractivity contribution is -0.133. The highest BCUT2D eigenvalue weighted by Gasteiger charge is 2.26. The fraction of sp³-hybridized carbons (Fsp3) is 0.643. The van der Waals surface area contributed by atoms with Crippen molar-refractivity contribution in [1.29, 1.82) is 0 Å². The highest BCUT2D eigenvalue weighted by Crippen LogP contribution is 2.38. The Balaban J connectivity index is 1.45. The van der Waals surface area contributed by atoms with Crippen molar-refractivity contribution in [1.82, 2.24) is 20.4 Å². The Morgan fingerprint density at radius 2 is 2.30 bits per heavy atom. The second kappa shape index (κ2) is 5.64. The van der Waals surface area contributed by atoms with Crippen molar-refractivity contribution in [2.45, 2.75) is 38.0 Å². The lowest BCUT2D eigenvalue weighted by Gasteiger charge is -2.26. The molecule has 20 heavy (non-hydrogen) atoms. The molecule has 2 fully saturated rings. The molecule has 0 atom stereocenters. The number of carbonyl (C=O) groups excluding carboxylic acids is 2. The van der Waals surface area contributed by atoms with Crippen LogP contribution in [0.25, 0.3) is 0 Å². The van der Waals surface area contributed by atoms with Gasteiger partial charge in [-0.1, -0.05) is 0 Å². The van der Waals surface area contributed by atoms with Crippen LogP contribution in [0.5, 0.6) is 0 Å². The molecule has 0 aromatic carbocycles. The molecule has 1 saturated heterocycles. The van der Waals surface area contributed by atoms with Gasteiger partial charge in [-0.15, -0.1) is 0 Å². The van der Waals surface area contributed by atoms with Gasteiger partial charge in [0.1, 0.15) is 5.69 Å². The summed E-state index contributed by atoms with van der Waals surface area (Å²) in [5, 5.41) is 9.78. The van der Waals surface area contributed by atoms with Gasteiger partial charge in [0.25, 0.3) is 5.91 Å². The maximum absolute atomic E-state index is 11.9. The molecule has 1 saturated carbocycles. The van der Waals surface area contributed by atoms with Crippen molar-refractivity contribution >= 4 is 11.8 Å². The first-order valence-corrected chi connectivity index (χ1v) is 7.35. The van der Waals surface area contributed by atoms with Crippen LogP contribution in [0.1, 0.15) is 54.2 Å². The van der Waals surface area contributed by atoms with Gasteiger partial charge < -0.3 is 10.2 Å². The number of likely N-dealkylation sites (tertiary alicyclic amines) is 1. The number of carbonyl (C=O) groups is 2. The van der Waals surface area contributed by atoms with Crippen LogP contribution in [0.15, 0.2) is 6.07 Å². The van der Waals surface area contributed by atoms with Gasteiger partial charge >= 0.3 is 0 Å². The Hall–Kier alpha value is -1.85. The summed E-state index contributed by atoms with van der Waals surface area (Å²) in [6, 6.07) is 1.83. The van der Waals surface area contributed by atoms with Crippen LogP contribution in [0.4, 0.5) is 0 Å². The van der Waals surface area contributed by atoms with Crippen LogP contribution >= 0.6 is 0 Å². The van der Waals surface area contributed by atoms with Crippen molar-refractivity contribution in [3.05, 3.63) is 17.5 Å². The summed E-state index contributed by atoms with van der Waals surface area (Å²) in [7, 11) is 0. The van der Waals surface area contributed by atoms with E-state index in [0.717, 1.165) is 25.1 Å². The number of hydrogen-bond donors (Lipinski definition) is 2. The first-order chi connectivity index (χ1) is 9.74. The number of piperidine rings is 1. The number of aromatic nitrogens is 2. The van der Waals surface area contributed by atoms with E-state index in [9.17, 15) is 9.59 Å². The third-order valence-electron chi connectivity index (χ3n) is 3.94. The predicted molar refractivity (Wildman–Crippen MR) is 73.3 cm³/mol. The molecule has 1 aromatic rings. The molecule has 1 aliphatic heterocycles. The summed E-state index contributed by atoms with van der Waals surface area (Å²) in [4.78, 5) is 25.4. The standard InChI is InChI=1S/C14H20N4O2/c19-13-3-1-2-7-18(13)8-6-15-14(20)12-9-11(16-17-12)10-4-5-10/h9-10H,1-8H2,(H,15,20)(H,16,17). The molecular weight excluding hydrogens is 256 g/mol. The Morgan fingerprint density at radius 3 is 3.05 bits per heavy atom. The normalized spacial score (nSPS) is 19.2. The van der Waals surface area contributed by atoms with Gasteiger partial charge in [0.2, 0.25) is 5.91 Å². The zero-order valence-electron chi connectivity index (χ0n) is 11.5. The van der Waals surface area contributed by atoms with Crippen LogP contribution in [0.2, 0.25) is 0 Å². The third kappa shape index (κ3) is 3.00. The fourth-order valence-electron chi connectivity index (χ4n) is 2.55. The van der Waals surface area contributed by atoms with Crippen molar-refractivity contribution in [3.63, 3.8) is 0 Å². The predicted octanol–water partition coefficient (Wildman–Crippen LogP) is 1.03. The van der Waals surface area contributed by atoms with Crippen LogP contribution < -0.4 is 5.32 Å². The summed E-state index contributed by atoms with van der Waals surface area (Å²) < 4.78 is 0. The van der Waals surface area contributed by atoms with E-state index in [1.54, 1.807) is 0 Å². The van der Waals surface area contributed by atoms with E-state index in [2.05, 4.69) is 15.5 Å². The lowest BCUT2D eigenvalue weighted by Crippen LogP contribution is -2.41. The number of H-pyrrole nitrogens is 1. The van der Waals surface area contributed by atoms with Crippen LogP contribution in [-0.2, 0) is 4.79 Å². The van der Waals surface area contributed by atoms with E-state index in [0.29, 0.717) is 31.1 Å². The summed E-state index contributed by atoms with van der Waals surface area (Å²) in [5.74, 6) is 0.592. The van der Waals surface area contributed by atoms with Crippen LogP contribution in [0.3, 0.4) is 0 Å². The van der Waals surface area contributed by atoms with E-state index in [1.807, 2.05) is 11.0 Å². The Morgan fingerprint density at radius 1 is 1.45 bits per heavy atom. The highest BCUT2D eigenvalue weighted by molar-refractivity contribution is 5.92. The second-order valence-corrected chi connectivity index (χ2v) is 5.58. The molecule has 108 valence electrons. The first-order valence-electron chi connectivity index (χ1n) is 7.35. The Kier molecular flexibility index (Phi) is 3.71. The summed E-state index contributed by atoms with van der Waals surface area (Å²) in [6.45, 7) is 1.88. The summed E-state index contributed by atoms with van der Waals surface area (Å²) in [6.07, 6.45) is 5.04. The van der Waals surface area contributed by atoms with E-state index in [1.165, 1.54) is 12.8 Å². The first kappa shape index (κ1) is 13.1. The molecule has 2 aliphatic rings. The summed E-state index contributed by atoms with van der Waals surface area (Å²) >= 11 is 0. The minimum Gasteiger partial charge on any atom is -0.349 e. The van der Waals surface area contributed by atoms with Crippen molar-refractivity contribution in [3.8, 4) is 0 Å². The number of nitrogens with one attached hydrogen (secondary N) is 2. The zero-order valence-corrected chi connectivity index (χ0v) is 11.5. The monoisotopic (exact) mass is 276 g/mol. The number of rotatable bonds is 5. The number of amides is 2. The molecule has 2 amide bonds. The molecule has 6 heteroatoms. The molecule has 0 bridgehead atoms. The molecule has 2 N–H and O–H groups in total. The van der Waals surface area contributed by atoms with Gasteiger partial charge in [-0.25, -0.2) is 0 Å². The highest BCUT2D eigenvalue weighted by atomic mass is 16.2. The van der Waals surface area contributed by atoms with Gasteiger partial charge in [0.15, 0.2) is 0 Å². The largest absolute Gasteiger partial charge is 0.349 e. The van der Waals surface area contributed by atoms with Gasteiger partial charge in [0.05, 0.1) is 0 Å². The number of nitrogens with zero attached hydrogens (tertiary/aromatic N) is 2. The van der Waals surface area contributed by atoms with Crippen molar-refractivity contribution in [2.24, 2.45) is 0 Å². The molecule has 3 rings (SSSR count). The zero-order chi connectivity index (χ0) is 13.9. The minimum atomic E-state index is -0.169. The lowest BCUT2D eigenvalue weighted by atomic mass is 10.1. The van der Waals surface area contributed by atoms with E-state index < -0.39 is 0 Å². The maximum atomic E-state index is 11.9. The fourth-order valence-corrected chi connectivity index (χ4v) is 2.55. The van der Waals surface area contributed by atoms with Crippen LogP contribution in [-0.4, -0.2) is 46.5 Å². The van der Waals surface area contributed by atoms with Crippen molar-refractivity contribution < 1.29 is 9.59 Å². The SMILES string of the molecule is O=C(NCCN1CCCCC1=O)c1cc(C2CC2)[nH]n1. The Labute approximate surface area is 117 Å². The van der Waals surface area contributed by atoms with E-state index >= 15 is 0 Å². The minimum absolute atomic E-state index is 0.169. The van der Waals surface area contributed by atoms with Crippen molar-refractivity contribution in [2.75, 3.05) is 19.6 Å². The average molecular weight is 276 g/mol. The van der Waals surface area contributed by atoms with E-state index in [4.69, 9.17) is 0 Å². The second-order valence-electron chi connectivity index (χ2n) is 5.58. The van der Waals surface area contributed by atoms with E-state index in [-0.39, 0.29) is 11.8 Å². The summed E-state index contributed by atoms with van der Waals surface area (Å²) in [5.41, 5.74) is 1.50. The quantitative estimate of drug-likeness (QED) is 0.843. The van der Waals surface area contributed by atoms with Gasteiger partial charge in [-0.2, -0.15) is 5.10 Å². The maximum Gasteiger partial charge on any atom is 0.271 e. The molecule has 0 unspecified atom stereocenters. The van der Waals surface area contributed by atoms with Gasteiger partial charge in [-0.3, -0.25) is 14.7 Å².